The molecule has 2 heterocycles. The third-order valence-electron chi connectivity index (χ3n) is 1.97. The van der Waals surface area contributed by atoms with E-state index >= 15 is 0 Å². The maximum atomic E-state index is 4.24. The number of aryl methyl sites for hydroxylation is 1. The average Bonchev–Trinajstić information content (AvgIpc) is 2.85. The van der Waals surface area contributed by atoms with E-state index in [0.717, 1.165) is 17.9 Å². The Labute approximate surface area is 90.6 Å². The smallest absolute Gasteiger partial charge is 0.155 e. The van der Waals surface area contributed by atoms with Gasteiger partial charge in [0.1, 0.15) is 5.69 Å². The van der Waals surface area contributed by atoms with Crippen molar-refractivity contribution in [1.29, 1.82) is 0 Å². The number of H-pyrrole nitrogens is 1. The van der Waals surface area contributed by atoms with Gasteiger partial charge in [-0.3, -0.25) is 4.98 Å². The van der Waals surface area contributed by atoms with Crippen molar-refractivity contribution < 1.29 is 0 Å². The normalized spacial score (nSPS) is 9.27. The number of hydrogen-bond donors (Lipinski definition) is 1. The molecule has 0 amide bonds. The molecule has 0 aliphatic carbocycles. The molecule has 80 valence electrons. The van der Waals surface area contributed by atoms with Gasteiger partial charge in [-0.25, -0.2) is 4.98 Å². The van der Waals surface area contributed by atoms with E-state index in [1.807, 2.05) is 26.1 Å². The zero-order valence-corrected chi connectivity index (χ0v) is 9.49. The Morgan fingerprint density at radius 3 is 2.60 bits per heavy atom. The van der Waals surface area contributed by atoms with Gasteiger partial charge in [-0.1, -0.05) is 20.8 Å². The van der Waals surface area contributed by atoms with Gasteiger partial charge in [0.05, 0.1) is 0 Å². The van der Waals surface area contributed by atoms with Crippen LogP contribution in [0.1, 0.15) is 26.3 Å². The first-order valence-corrected chi connectivity index (χ1v) is 5.35. The van der Waals surface area contributed by atoms with Gasteiger partial charge in [0, 0.05) is 18.6 Å². The number of aromatic amines is 1. The molecule has 0 aliphatic heterocycles. The minimum Gasteiger partial charge on any atom is -0.343 e. The first-order valence-electron chi connectivity index (χ1n) is 5.35. The zero-order chi connectivity index (χ0) is 11.1. The molecule has 2 aromatic rings. The molecule has 15 heavy (non-hydrogen) atoms. The molecule has 0 aromatic carbocycles. The summed E-state index contributed by atoms with van der Waals surface area (Å²) in [7, 11) is 0. The molecule has 0 aliphatic rings. The first kappa shape index (κ1) is 11.4. The molecule has 0 radical (unpaired) electrons. The van der Waals surface area contributed by atoms with Crippen LogP contribution in [-0.4, -0.2) is 15.0 Å². The maximum absolute atomic E-state index is 4.24. The van der Waals surface area contributed by atoms with E-state index in [1.54, 1.807) is 12.4 Å². The predicted molar refractivity (Wildman–Crippen MR) is 62.5 cm³/mol. The monoisotopic (exact) mass is 203 g/mol. The van der Waals surface area contributed by atoms with Gasteiger partial charge < -0.3 is 4.98 Å². The minimum atomic E-state index is 0.829. The molecule has 3 heteroatoms. The van der Waals surface area contributed by atoms with Crippen molar-refractivity contribution in [2.45, 2.75) is 27.2 Å². The molecular formula is C12H17N3. The van der Waals surface area contributed by atoms with Gasteiger partial charge in [-0.2, -0.15) is 0 Å². The third kappa shape index (κ3) is 2.91. The first-order chi connectivity index (χ1) is 7.40. The number of nitrogens with one attached hydrogen (secondary N) is 1. The van der Waals surface area contributed by atoms with E-state index < -0.39 is 0 Å². The van der Waals surface area contributed by atoms with Crippen LogP contribution in [0.4, 0.5) is 0 Å². The Balaban J connectivity index is 0.000000531. The minimum absolute atomic E-state index is 0.829. The van der Waals surface area contributed by atoms with Crippen LogP contribution in [0, 0.1) is 0 Å². The van der Waals surface area contributed by atoms with Crippen LogP contribution in [0.3, 0.4) is 0 Å². The van der Waals surface area contributed by atoms with E-state index in [0.29, 0.717) is 0 Å². The summed E-state index contributed by atoms with van der Waals surface area (Å²) in [5, 5.41) is 0. The highest BCUT2D eigenvalue weighted by atomic mass is 14.9. The Hall–Kier alpha value is -1.64. The molecular weight excluding hydrogens is 186 g/mol. The van der Waals surface area contributed by atoms with Crippen LogP contribution in [0.5, 0.6) is 0 Å². The molecule has 0 saturated carbocycles. The van der Waals surface area contributed by atoms with Crippen molar-refractivity contribution in [1.82, 2.24) is 15.0 Å². The second-order valence-electron chi connectivity index (χ2n) is 2.84. The molecule has 1 N–H and O–H groups in total. The van der Waals surface area contributed by atoms with E-state index in [4.69, 9.17) is 0 Å². The van der Waals surface area contributed by atoms with Gasteiger partial charge in [0.25, 0.3) is 0 Å². The van der Waals surface area contributed by atoms with Crippen LogP contribution < -0.4 is 0 Å². The van der Waals surface area contributed by atoms with E-state index in [9.17, 15) is 0 Å². The maximum Gasteiger partial charge on any atom is 0.155 e. The number of hydrogen-bond acceptors (Lipinski definition) is 2. The third-order valence-corrected chi connectivity index (χ3v) is 1.97. The van der Waals surface area contributed by atoms with Crippen molar-refractivity contribution >= 4 is 0 Å². The average molecular weight is 203 g/mol. The standard InChI is InChI=1S/C10H11N3.C2H6/c1-2-8-3-4-11-9(7-8)10-12-5-6-13-10;1-2/h3-7H,2H2,1H3,(H,12,13);1-2H3. The SMILES string of the molecule is CC.CCc1ccnc(-c2ncc[nH]2)c1. The zero-order valence-electron chi connectivity index (χ0n) is 9.49. The number of rotatable bonds is 2. The fourth-order valence-electron chi connectivity index (χ4n) is 1.23. The van der Waals surface area contributed by atoms with Gasteiger partial charge in [0.2, 0.25) is 0 Å². The van der Waals surface area contributed by atoms with Crippen LogP contribution in [-0.2, 0) is 6.42 Å². The van der Waals surface area contributed by atoms with E-state index in [2.05, 4.69) is 27.9 Å². The van der Waals surface area contributed by atoms with Crippen molar-refractivity contribution in [3.05, 3.63) is 36.3 Å². The van der Waals surface area contributed by atoms with Crippen molar-refractivity contribution in [3.8, 4) is 11.5 Å². The Kier molecular flexibility index (Phi) is 4.54. The van der Waals surface area contributed by atoms with Crippen molar-refractivity contribution in [3.63, 3.8) is 0 Å². The predicted octanol–water partition coefficient (Wildman–Crippen LogP) is 3.06. The van der Waals surface area contributed by atoms with Gasteiger partial charge in [-0.15, -0.1) is 0 Å². The summed E-state index contributed by atoms with van der Waals surface area (Å²) in [5.41, 5.74) is 2.19. The largest absolute Gasteiger partial charge is 0.343 e. The van der Waals surface area contributed by atoms with Gasteiger partial charge in [0.15, 0.2) is 5.82 Å². The fraction of sp³-hybridized carbons (Fsp3) is 0.333. The lowest BCUT2D eigenvalue weighted by Crippen LogP contribution is -1.88. The van der Waals surface area contributed by atoms with E-state index in [1.165, 1.54) is 5.56 Å². The summed E-state index contributed by atoms with van der Waals surface area (Å²) in [6.45, 7) is 6.13. The second kappa shape index (κ2) is 5.96. The van der Waals surface area contributed by atoms with Crippen molar-refractivity contribution in [2.24, 2.45) is 0 Å². The molecule has 0 spiro atoms. The summed E-state index contributed by atoms with van der Waals surface area (Å²) in [4.78, 5) is 11.4. The van der Waals surface area contributed by atoms with Crippen LogP contribution in [0.25, 0.3) is 11.5 Å². The Bertz CT molecular complexity index is 380. The lowest BCUT2D eigenvalue weighted by Gasteiger charge is -1.98. The molecule has 0 atom stereocenters. The summed E-state index contributed by atoms with van der Waals surface area (Å²) >= 11 is 0. The van der Waals surface area contributed by atoms with Crippen LogP contribution >= 0.6 is 0 Å². The van der Waals surface area contributed by atoms with Gasteiger partial charge >= 0.3 is 0 Å². The summed E-state index contributed by atoms with van der Waals surface area (Å²) < 4.78 is 0. The number of aromatic nitrogens is 3. The summed E-state index contributed by atoms with van der Waals surface area (Å²) in [6.07, 6.45) is 6.37. The Morgan fingerprint density at radius 1 is 1.20 bits per heavy atom. The number of nitrogens with zero attached hydrogens (tertiary/aromatic N) is 2. The highest BCUT2D eigenvalue weighted by molar-refractivity contribution is 5.49. The molecule has 2 rings (SSSR count). The molecule has 0 bridgehead atoms. The molecule has 0 fully saturated rings. The molecule has 0 unspecified atom stereocenters. The van der Waals surface area contributed by atoms with Gasteiger partial charge in [-0.05, 0) is 24.1 Å². The topological polar surface area (TPSA) is 41.6 Å². The molecule has 2 aromatic heterocycles. The molecule has 3 nitrogen and oxygen atoms in total. The quantitative estimate of drug-likeness (QED) is 0.815. The lowest BCUT2D eigenvalue weighted by molar-refractivity contribution is 1.11. The molecule has 0 saturated heterocycles. The lowest BCUT2D eigenvalue weighted by atomic mass is 10.2. The Morgan fingerprint density at radius 2 is 2.00 bits per heavy atom. The summed E-state index contributed by atoms with van der Waals surface area (Å²) in [6, 6.07) is 4.07. The highest BCUT2D eigenvalue weighted by Crippen LogP contribution is 2.12. The van der Waals surface area contributed by atoms with Crippen LogP contribution in [0.15, 0.2) is 30.7 Å². The van der Waals surface area contributed by atoms with Crippen LogP contribution in [0.2, 0.25) is 0 Å². The van der Waals surface area contributed by atoms with Crippen molar-refractivity contribution in [2.75, 3.05) is 0 Å². The number of imidazole rings is 1. The number of pyridine rings is 1. The summed E-state index contributed by atoms with van der Waals surface area (Å²) in [5.74, 6) is 0.829. The second-order valence-corrected chi connectivity index (χ2v) is 2.84. The van der Waals surface area contributed by atoms with E-state index in [-0.39, 0.29) is 0 Å². The fourth-order valence-corrected chi connectivity index (χ4v) is 1.23. The highest BCUT2D eigenvalue weighted by Gasteiger charge is 2.00.